The third-order valence-corrected chi connectivity index (χ3v) is 3.99. The molecule has 2 heterocycles. The van der Waals surface area contributed by atoms with Gasteiger partial charge in [-0.3, -0.25) is 4.90 Å². The fourth-order valence-corrected chi connectivity index (χ4v) is 3.14. The second-order valence-electron chi connectivity index (χ2n) is 5.58. The Morgan fingerprint density at radius 2 is 1.79 bits per heavy atom. The average Bonchev–Trinajstić information content (AvgIpc) is 2.66. The minimum absolute atomic E-state index is 0.132. The van der Waals surface area contributed by atoms with Crippen molar-refractivity contribution in [2.45, 2.75) is 32.2 Å². The lowest BCUT2D eigenvalue weighted by atomic mass is 9.88. The van der Waals surface area contributed by atoms with Crippen molar-refractivity contribution in [2.24, 2.45) is 4.99 Å². The number of aryl methyl sites for hydroxylation is 2. The van der Waals surface area contributed by atoms with Crippen LogP contribution >= 0.6 is 0 Å². The van der Waals surface area contributed by atoms with Gasteiger partial charge in [-0.1, -0.05) is 6.07 Å². The van der Waals surface area contributed by atoms with Gasteiger partial charge in [0.25, 0.3) is 0 Å². The molecular weight excluding hydrogens is 238 g/mol. The fourth-order valence-electron chi connectivity index (χ4n) is 3.14. The highest BCUT2D eigenvalue weighted by molar-refractivity contribution is 6.08. The molecule has 4 nitrogen and oxygen atoms in total. The van der Waals surface area contributed by atoms with Crippen molar-refractivity contribution in [3.05, 3.63) is 29.3 Å². The van der Waals surface area contributed by atoms with Gasteiger partial charge >= 0.3 is 6.03 Å². The summed E-state index contributed by atoms with van der Waals surface area (Å²) >= 11 is 0. The Morgan fingerprint density at radius 1 is 1.16 bits per heavy atom. The Morgan fingerprint density at radius 3 is 2.42 bits per heavy atom. The normalized spacial score (nSPS) is 21.4. The number of hydrogen-bond acceptors (Lipinski definition) is 2. The molecule has 2 aliphatic heterocycles. The largest absolute Gasteiger partial charge is 0.348 e. The number of rotatable bonds is 1. The van der Waals surface area contributed by atoms with Gasteiger partial charge in [-0.05, 0) is 63.0 Å². The molecule has 1 aromatic rings. The summed E-state index contributed by atoms with van der Waals surface area (Å²) in [6.45, 7) is 5.99. The van der Waals surface area contributed by atoms with Gasteiger partial charge in [0.05, 0.1) is 5.54 Å². The van der Waals surface area contributed by atoms with Crippen molar-refractivity contribution in [1.82, 2.24) is 5.32 Å². The van der Waals surface area contributed by atoms with E-state index in [0.29, 0.717) is 0 Å². The van der Waals surface area contributed by atoms with Crippen molar-refractivity contribution < 1.29 is 4.79 Å². The van der Waals surface area contributed by atoms with Crippen molar-refractivity contribution in [2.75, 3.05) is 18.0 Å². The number of aliphatic imine (C=N–C) groups is 1. The van der Waals surface area contributed by atoms with Crippen molar-refractivity contribution in [1.29, 1.82) is 0 Å². The summed E-state index contributed by atoms with van der Waals surface area (Å²) < 4.78 is 0. The van der Waals surface area contributed by atoms with Gasteiger partial charge < -0.3 is 5.32 Å². The van der Waals surface area contributed by atoms with Gasteiger partial charge in [-0.15, -0.1) is 0 Å². The molecule has 1 aromatic carbocycles. The summed E-state index contributed by atoms with van der Waals surface area (Å²) in [7, 11) is 0. The van der Waals surface area contributed by atoms with E-state index in [0.717, 1.165) is 31.6 Å². The zero-order valence-electron chi connectivity index (χ0n) is 11.4. The molecule has 2 amide bonds. The van der Waals surface area contributed by atoms with Crippen LogP contribution in [0.3, 0.4) is 0 Å². The van der Waals surface area contributed by atoms with Gasteiger partial charge in [-0.2, -0.15) is 0 Å². The first-order valence-corrected chi connectivity index (χ1v) is 6.79. The van der Waals surface area contributed by atoms with Crippen LogP contribution in [-0.4, -0.2) is 30.9 Å². The third-order valence-electron chi connectivity index (χ3n) is 3.99. The average molecular weight is 257 g/mol. The number of amides is 2. The van der Waals surface area contributed by atoms with E-state index < -0.39 is 0 Å². The second kappa shape index (κ2) is 4.46. The van der Waals surface area contributed by atoms with Crippen LogP contribution in [0.2, 0.25) is 0 Å². The molecule has 0 unspecified atom stereocenters. The number of carbonyl (C=O) groups is 1. The molecule has 3 rings (SSSR count). The number of hydrogen-bond donors (Lipinski definition) is 1. The van der Waals surface area contributed by atoms with Crippen LogP contribution in [0.1, 0.15) is 24.0 Å². The standard InChI is InChI=1S/C15H19N3O/c1-11-7-12(2)9-13(8-11)18-14(19)17-10-15(18)3-5-16-6-4-15/h7-10,16H,3-6H2,1-2H3. The highest BCUT2D eigenvalue weighted by Crippen LogP contribution is 2.35. The smallest absolute Gasteiger partial charge is 0.317 e. The van der Waals surface area contributed by atoms with Crippen molar-refractivity contribution in [3.63, 3.8) is 0 Å². The zero-order valence-corrected chi connectivity index (χ0v) is 11.4. The van der Waals surface area contributed by atoms with Crippen LogP contribution in [0.25, 0.3) is 0 Å². The molecule has 1 fully saturated rings. The molecule has 1 N–H and O–H groups in total. The van der Waals surface area contributed by atoms with Gasteiger partial charge in [0.15, 0.2) is 0 Å². The first-order chi connectivity index (χ1) is 9.11. The van der Waals surface area contributed by atoms with Crippen LogP contribution in [0.15, 0.2) is 23.2 Å². The molecule has 100 valence electrons. The molecule has 1 spiro atoms. The molecular formula is C15H19N3O. The van der Waals surface area contributed by atoms with E-state index in [-0.39, 0.29) is 11.6 Å². The molecule has 1 saturated heterocycles. The molecule has 19 heavy (non-hydrogen) atoms. The topological polar surface area (TPSA) is 44.7 Å². The molecule has 0 bridgehead atoms. The van der Waals surface area contributed by atoms with E-state index in [1.807, 2.05) is 11.1 Å². The monoisotopic (exact) mass is 257 g/mol. The highest BCUT2D eigenvalue weighted by Gasteiger charge is 2.44. The zero-order chi connectivity index (χ0) is 13.5. The van der Waals surface area contributed by atoms with Crippen LogP contribution < -0.4 is 10.2 Å². The predicted molar refractivity (Wildman–Crippen MR) is 77.1 cm³/mol. The summed E-state index contributed by atoms with van der Waals surface area (Å²) in [5, 5.41) is 3.35. The van der Waals surface area contributed by atoms with Gasteiger partial charge in [0.2, 0.25) is 0 Å². The summed E-state index contributed by atoms with van der Waals surface area (Å²) in [5.74, 6) is 0. The van der Waals surface area contributed by atoms with E-state index in [1.54, 1.807) is 0 Å². The minimum Gasteiger partial charge on any atom is -0.317 e. The SMILES string of the molecule is Cc1cc(C)cc(N2C(=O)N=CC23CCNCC3)c1. The second-order valence-corrected chi connectivity index (χ2v) is 5.58. The molecule has 4 heteroatoms. The maximum Gasteiger partial charge on any atom is 0.348 e. The van der Waals surface area contributed by atoms with E-state index >= 15 is 0 Å². The first kappa shape index (κ1) is 12.4. The van der Waals surface area contributed by atoms with E-state index in [9.17, 15) is 4.79 Å². The maximum atomic E-state index is 12.2. The van der Waals surface area contributed by atoms with Crippen molar-refractivity contribution >= 4 is 17.9 Å². The Bertz CT molecular complexity index is 524. The number of nitrogens with zero attached hydrogens (tertiary/aromatic N) is 2. The number of piperidine rings is 1. The first-order valence-electron chi connectivity index (χ1n) is 6.79. The van der Waals surface area contributed by atoms with E-state index in [2.05, 4.69) is 42.4 Å². The van der Waals surface area contributed by atoms with Crippen LogP contribution in [0, 0.1) is 13.8 Å². The number of anilines is 1. The number of benzene rings is 1. The van der Waals surface area contributed by atoms with Crippen molar-refractivity contribution in [3.8, 4) is 0 Å². The fraction of sp³-hybridized carbons (Fsp3) is 0.467. The van der Waals surface area contributed by atoms with Crippen LogP contribution in [0.5, 0.6) is 0 Å². The van der Waals surface area contributed by atoms with Gasteiger partial charge in [-0.25, -0.2) is 9.79 Å². The Kier molecular flexibility index (Phi) is 2.90. The lowest BCUT2D eigenvalue weighted by molar-refractivity contribution is 0.250. The number of carbonyl (C=O) groups excluding carboxylic acids is 1. The highest BCUT2D eigenvalue weighted by atomic mass is 16.2. The van der Waals surface area contributed by atoms with Crippen LogP contribution in [-0.2, 0) is 0 Å². The lowest BCUT2D eigenvalue weighted by Gasteiger charge is -2.39. The molecule has 0 radical (unpaired) electrons. The number of urea groups is 1. The summed E-state index contributed by atoms with van der Waals surface area (Å²) in [6.07, 6.45) is 3.71. The molecule has 0 aromatic heterocycles. The third kappa shape index (κ3) is 2.06. The quantitative estimate of drug-likeness (QED) is 0.839. The summed E-state index contributed by atoms with van der Waals surface area (Å²) in [4.78, 5) is 18.1. The molecule has 2 aliphatic rings. The van der Waals surface area contributed by atoms with E-state index in [1.165, 1.54) is 11.1 Å². The molecule has 0 aliphatic carbocycles. The molecule has 0 saturated carbocycles. The predicted octanol–water partition coefficient (Wildman–Crippen LogP) is 2.44. The molecule has 0 atom stereocenters. The Labute approximate surface area is 113 Å². The maximum absolute atomic E-state index is 12.2. The Hall–Kier alpha value is -1.68. The Balaban J connectivity index is 2.03. The lowest BCUT2D eigenvalue weighted by Crippen LogP contribution is -2.54. The summed E-state index contributed by atoms with van der Waals surface area (Å²) in [6, 6.07) is 6.14. The van der Waals surface area contributed by atoms with E-state index in [4.69, 9.17) is 0 Å². The van der Waals surface area contributed by atoms with Crippen LogP contribution in [0.4, 0.5) is 10.5 Å². The van der Waals surface area contributed by atoms with Gasteiger partial charge in [0.1, 0.15) is 0 Å². The summed E-state index contributed by atoms with van der Waals surface area (Å²) in [5.41, 5.74) is 3.11. The minimum atomic E-state index is -0.220. The van der Waals surface area contributed by atoms with Gasteiger partial charge in [0, 0.05) is 11.9 Å². The number of nitrogens with one attached hydrogen (secondary N) is 1.